The molecule has 0 aliphatic heterocycles. The predicted octanol–water partition coefficient (Wildman–Crippen LogP) is 5.25. The molecule has 0 aromatic heterocycles. The van der Waals surface area contributed by atoms with Crippen molar-refractivity contribution in [3.8, 4) is 0 Å². The molecule has 0 fully saturated rings. The van der Waals surface area contributed by atoms with Crippen molar-refractivity contribution in [2.24, 2.45) is 0 Å². The normalized spacial score (nSPS) is 11.0. The van der Waals surface area contributed by atoms with Gasteiger partial charge in [0.1, 0.15) is 0 Å². The van der Waals surface area contributed by atoms with Crippen LogP contribution < -0.4 is 5.32 Å². The summed E-state index contributed by atoms with van der Waals surface area (Å²) in [7, 11) is 0. The maximum atomic E-state index is 12.1. The molecule has 0 unspecified atom stereocenters. The Balaban J connectivity index is 1.81. The molecule has 0 saturated carbocycles. The fraction of sp³-hybridized carbons (Fsp3) is 0. The van der Waals surface area contributed by atoms with Crippen LogP contribution >= 0.6 is 15.9 Å². The maximum Gasteiger partial charge on any atom is 0.248 e. The first-order valence-electron chi connectivity index (χ1n) is 6.95. The first-order valence-corrected chi connectivity index (χ1v) is 7.75. The number of hydrogen-bond donors (Lipinski definition) is 1. The first-order chi connectivity index (χ1) is 10.7. The van der Waals surface area contributed by atoms with Crippen molar-refractivity contribution in [1.82, 2.24) is 0 Å². The molecular weight excluding hydrogens is 338 g/mol. The number of fused-ring (bicyclic) bond motifs is 1. The van der Waals surface area contributed by atoms with E-state index in [9.17, 15) is 4.79 Å². The number of nitrogens with one attached hydrogen (secondary N) is 1. The fourth-order valence-electron chi connectivity index (χ4n) is 2.30. The molecule has 2 nitrogen and oxygen atoms in total. The summed E-state index contributed by atoms with van der Waals surface area (Å²) < 4.78 is 0.863. The van der Waals surface area contributed by atoms with Crippen molar-refractivity contribution in [3.63, 3.8) is 0 Å². The van der Waals surface area contributed by atoms with Crippen LogP contribution in [0.25, 0.3) is 16.8 Å². The van der Waals surface area contributed by atoms with Gasteiger partial charge in [-0.15, -0.1) is 0 Å². The first kappa shape index (κ1) is 14.5. The third-order valence-corrected chi connectivity index (χ3v) is 4.06. The van der Waals surface area contributed by atoms with Gasteiger partial charge in [-0.25, -0.2) is 0 Å². The molecule has 0 bridgehead atoms. The highest BCUT2D eigenvalue weighted by Crippen LogP contribution is 2.22. The molecule has 3 heteroatoms. The zero-order valence-electron chi connectivity index (χ0n) is 11.8. The molecule has 108 valence electrons. The quantitative estimate of drug-likeness (QED) is 0.641. The van der Waals surface area contributed by atoms with Crippen LogP contribution in [0.15, 0.2) is 77.3 Å². The van der Waals surface area contributed by atoms with Crippen LogP contribution in [0.3, 0.4) is 0 Å². The average Bonchev–Trinajstić information content (AvgIpc) is 2.55. The highest BCUT2D eigenvalue weighted by molar-refractivity contribution is 9.10. The van der Waals surface area contributed by atoms with Gasteiger partial charge < -0.3 is 5.32 Å². The lowest BCUT2D eigenvalue weighted by atomic mass is 10.0. The minimum Gasteiger partial charge on any atom is -0.321 e. The monoisotopic (exact) mass is 351 g/mol. The lowest BCUT2D eigenvalue weighted by Crippen LogP contribution is -2.08. The Hall–Kier alpha value is -2.39. The number of anilines is 1. The van der Waals surface area contributed by atoms with Crippen molar-refractivity contribution in [3.05, 3.63) is 82.8 Å². The Labute approximate surface area is 137 Å². The molecule has 0 radical (unpaired) electrons. The standard InChI is InChI=1S/C19H14BrNO/c20-17-10-3-4-11-18(17)21-19(22)13-12-15-8-5-7-14-6-1-2-9-16(14)15/h1-13H,(H,21,22)/b13-12+. The number of carbonyl (C=O) groups excluding carboxylic acids is 1. The Morgan fingerprint density at radius 1 is 0.909 bits per heavy atom. The van der Waals surface area contributed by atoms with Gasteiger partial charge in [-0.2, -0.15) is 0 Å². The number of halogens is 1. The van der Waals surface area contributed by atoms with Crippen LogP contribution in [0, 0.1) is 0 Å². The van der Waals surface area contributed by atoms with Crippen LogP contribution in [0.1, 0.15) is 5.56 Å². The summed E-state index contributed by atoms with van der Waals surface area (Å²) in [4.78, 5) is 12.1. The van der Waals surface area contributed by atoms with E-state index >= 15 is 0 Å². The van der Waals surface area contributed by atoms with Gasteiger partial charge in [-0.1, -0.05) is 54.6 Å². The second kappa shape index (κ2) is 6.58. The van der Waals surface area contributed by atoms with Crippen molar-refractivity contribution in [2.45, 2.75) is 0 Å². The second-order valence-electron chi connectivity index (χ2n) is 4.87. The van der Waals surface area contributed by atoms with Crippen molar-refractivity contribution >= 4 is 44.4 Å². The number of carbonyl (C=O) groups is 1. The van der Waals surface area contributed by atoms with Gasteiger partial charge in [-0.05, 0) is 50.5 Å². The Morgan fingerprint density at radius 3 is 2.50 bits per heavy atom. The smallest absolute Gasteiger partial charge is 0.248 e. The summed E-state index contributed by atoms with van der Waals surface area (Å²) in [6.07, 6.45) is 3.40. The molecule has 0 aliphatic rings. The summed E-state index contributed by atoms with van der Waals surface area (Å²) in [5.41, 5.74) is 1.79. The summed E-state index contributed by atoms with van der Waals surface area (Å²) >= 11 is 3.41. The van der Waals surface area contributed by atoms with Gasteiger partial charge in [-0.3, -0.25) is 4.79 Å². The van der Waals surface area contributed by atoms with Gasteiger partial charge >= 0.3 is 0 Å². The lowest BCUT2D eigenvalue weighted by molar-refractivity contribution is -0.111. The molecule has 0 atom stereocenters. The van der Waals surface area contributed by atoms with E-state index in [1.54, 1.807) is 6.08 Å². The SMILES string of the molecule is O=C(/C=C/c1cccc2ccccc12)Nc1ccccc1Br. The van der Waals surface area contributed by atoms with Crippen molar-refractivity contribution in [2.75, 3.05) is 5.32 Å². The van der Waals surface area contributed by atoms with E-state index in [0.717, 1.165) is 26.5 Å². The van der Waals surface area contributed by atoms with E-state index in [4.69, 9.17) is 0 Å². The Kier molecular flexibility index (Phi) is 4.35. The van der Waals surface area contributed by atoms with Crippen LogP contribution in [-0.4, -0.2) is 5.91 Å². The topological polar surface area (TPSA) is 29.1 Å². The second-order valence-corrected chi connectivity index (χ2v) is 5.73. The van der Waals surface area contributed by atoms with E-state index in [-0.39, 0.29) is 5.91 Å². The number of para-hydroxylation sites is 1. The number of hydrogen-bond acceptors (Lipinski definition) is 1. The number of amides is 1. The van der Waals surface area contributed by atoms with Crippen LogP contribution in [0.5, 0.6) is 0 Å². The fourth-order valence-corrected chi connectivity index (χ4v) is 2.68. The Morgan fingerprint density at radius 2 is 1.64 bits per heavy atom. The van der Waals surface area contributed by atoms with E-state index in [1.165, 1.54) is 0 Å². The zero-order chi connectivity index (χ0) is 15.4. The maximum absolute atomic E-state index is 12.1. The molecule has 0 aliphatic carbocycles. The molecule has 0 saturated heterocycles. The molecule has 3 aromatic rings. The average molecular weight is 352 g/mol. The van der Waals surface area contributed by atoms with E-state index in [1.807, 2.05) is 54.6 Å². The van der Waals surface area contributed by atoms with Crippen molar-refractivity contribution in [1.29, 1.82) is 0 Å². The van der Waals surface area contributed by atoms with Gasteiger partial charge in [0.2, 0.25) is 5.91 Å². The molecule has 0 heterocycles. The third-order valence-electron chi connectivity index (χ3n) is 3.37. The largest absolute Gasteiger partial charge is 0.321 e. The van der Waals surface area contributed by atoms with E-state index < -0.39 is 0 Å². The van der Waals surface area contributed by atoms with Crippen LogP contribution in [-0.2, 0) is 4.79 Å². The molecular formula is C19H14BrNO. The molecule has 3 rings (SSSR count). The highest BCUT2D eigenvalue weighted by Gasteiger charge is 2.02. The molecule has 1 amide bonds. The minimum absolute atomic E-state index is 0.153. The van der Waals surface area contributed by atoms with Gasteiger partial charge in [0.15, 0.2) is 0 Å². The molecule has 1 N–H and O–H groups in total. The summed E-state index contributed by atoms with van der Waals surface area (Å²) in [6.45, 7) is 0. The number of rotatable bonds is 3. The van der Waals surface area contributed by atoms with Crippen LogP contribution in [0.4, 0.5) is 5.69 Å². The van der Waals surface area contributed by atoms with Gasteiger partial charge in [0.05, 0.1) is 5.69 Å². The lowest BCUT2D eigenvalue weighted by Gasteiger charge is -2.04. The molecule has 22 heavy (non-hydrogen) atoms. The third kappa shape index (κ3) is 3.26. The van der Waals surface area contributed by atoms with Crippen molar-refractivity contribution < 1.29 is 4.79 Å². The molecule has 0 spiro atoms. The highest BCUT2D eigenvalue weighted by atomic mass is 79.9. The predicted molar refractivity (Wildman–Crippen MR) is 95.8 cm³/mol. The molecule has 3 aromatic carbocycles. The Bertz CT molecular complexity index is 849. The van der Waals surface area contributed by atoms with Crippen LogP contribution in [0.2, 0.25) is 0 Å². The summed E-state index contributed by atoms with van der Waals surface area (Å²) in [5.74, 6) is -0.153. The minimum atomic E-state index is -0.153. The van der Waals surface area contributed by atoms with Gasteiger partial charge in [0, 0.05) is 10.5 Å². The van der Waals surface area contributed by atoms with E-state index in [2.05, 4.69) is 39.4 Å². The number of benzene rings is 3. The van der Waals surface area contributed by atoms with E-state index in [0.29, 0.717) is 0 Å². The van der Waals surface area contributed by atoms with Gasteiger partial charge in [0.25, 0.3) is 0 Å². The summed E-state index contributed by atoms with van der Waals surface area (Å²) in [6, 6.07) is 21.7. The zero-order valence-corrected chi connectivity index (χ0v) is 13.4. The summed E-state index contributed by atoms with van der Waals surface area (Å²) in [5, 5.41) is 5.15.